The molecule has 9 heteroatoms. The van der Waals surface area contributed by atoms with E-state index in [-0.39, 0.29) is 29.7 Å². The predicted molar refractivity (Wildman–Crippen MR) is 135 cm³/mol. The molecule has 0 radical (unpaired) electrons. The van der Waals surface area contributed by atoms with Crippen molar-refractivity contribution in [3.05, 3.63) is 79.3 Å². The molecule has 35 heavy (non-hydrogen) atoms. The van der Waals surface area contributed by atoms with E-state index >= 15 is 0 Å². The van der Waals surface area contributed by atoms with Crippen LogP contribution in [-0.4, -0.2) is 45.7 Å². The van der Waals surface area contributed by atoms with Gasteiger partial charge in [-0.15, -0.1) is 0 Å². The molecule has 8 nitrogen and oxygen atoms in total. The third-order valence-electron chi connectivity index (χ3n) is 7.01. The smallest absolute Gasteiger partial charge is 0.302 e. The van der Waals surface area contributed by atoms with E-state index in [1.807, 2.05) is 18.2 Å². The van der Waals surface area contributed by atoms with Crippen LogP contribution >= 0.6 is 11.6 Å². The van der Waals surface area contributed by atoms with Gasteiger partial charge in [-0.05, 0) is 49.7 Å². The molecule has 4 heterocycles. The minimum Gasteiger partial charge on any atom is -0.461 e. The fraction of sp³-hybridized carbons (Fsp3) is 0.423. The summed E-state index contributed by atoms with van der Waals surface area (Å²) >= 11 is 6.35. The average molecular weight is 497 g/mol. The minimum atomic E-state index is -0.325. The number of rotatable bonds is 7. The molecule has 2 aromatic heterocycles. The molecule has 1 atom stereocenters. The van der Waals surface area contributed by atoms with Crippen LogP contribution in [0.5, 0.6) is 0 Å². The van der Waals surface area contributed by atoms with E-state index < -0.39 is 0 Å². The number of hydrogen-bond donors (Lipinski definition) is 1. The van der Waals surface area contributed by atoms with Gasteiger partial charge in [0.15, 0.2) is 0 Å². The third-order valence-corrected chi connectivity index (χ3v) is 7.37. The summed E-state index contributed by atoms with van der Waals surface area (Å²) in [5.41, 5.74) is 2.52. The quantitative estimate of drug-likeness (QED) is 0.506. The highest BCUT2D eigenvalue weighted by Crippen LogP contribution is 2.25. The van der Waals surface area contributed by atoms with Crippen molar-refractivity contribution in [2.75, 3.05) is 19.6 Å². The first-order chi connectivity index (χ1) is 16.9. The lowest BCUT2D eigenvalue weighted by Crippen LogP contribution is -2.44. The normalized spacial score (nSPS) is 18.3. The Morgan fingerprint density at radius 3 is 2.54 bits per heavy atom. The number of halogens is 1. The Balaban J connectivity index is 1.15. The average Bonchev–Trinajstić information content (AvgIpc) is 3.23. The van der Waals surface area contributed by atoms with Gasteiger partial charge in [-0.1, -0.05) is 23.7 Å². The first-order valence-electron chi connectivity index (χ1n) is 12.0. The van der Waals surface area contributed by atoms with E-state index in [2.05, 4.69) is 10.2 Å². The number of nitrogens with one attached hydrogen (secondary N) is 1. The number of ether oxygens (including phenoxy) is 1. The first kappa shape index (κ1) is 23.8. The zero-order valence-corrected chi connectivity index (χ0v) is 20.5. The van der Waals surface area contributed by atoms with Crippen molar-refractivity contribution in [3.8, 4) is 0 Å². The number of likely N-dealkylation sites (tertiary alicyclic amines) is 1. The highest BCUT2D eigenvalue weighted by atomic mass is 35.5. The Bertz CT molecular complexity index is 1370. The number of hydrogen-bond acceptors (Lipinski definition) is 6. The summed E-state index contributed by atoms with van der Waals surface area (Å²) in [5, 5.41) is 5.15. The molecule has 2 aliphatic rings. The maximum Gasteiger partial charge on any atom is 0.302 e. The summed E-state index contributed by atoms with van der Waals surface area (Å²) in [6.45, 7) is 5.45. The second-order valence-corrected chi connectivity index (χ2v) is 9.83. The molecular formula is C26H29ClN4O4. The van der Waals surface area contributed by atoms with Crippen molar-refractivity contribution < 1.29 is 9.53 Å². The molecule has 0 bridgehead atoms. The molecule has 0 saturated carbocycles. The van der Waals surface area contributed by atoms with E-state index in [4.69, 9.17) is 16.3 Å². The minimum absolute atomic E-state index is 0.0292. The fourth-order valence-corrected chi connectivity index (χ4v) is 5.43. The van der Waals surface area contributed by atoms with Crippen LogP contribution in [0.4, 0.5) is 0 Å². The van der Waals surface area contributed by atoms with E-state index in [9.17, 15) is 14.4 Å². The Labute approximate surface area is 208 Å². The van der Waals surface area contributed by atoms with Crippen LogP contribution in [0.2, 0.25) is 5.02 Å². The largest absolute Gasteiger partial charge is 0.461 e. The first-order valence-corrected chi connectivity index (χ1v) is 12.4. The number of nitrogens with zero attached hydrogens (tertiary/aromatic N) is 3. The zero-order valence-electron chi connectivity index (χ0n) is 19.7. The highest BCUT2D eigenvalue weighted by Gasteiger charge is 2.29. The Kier molecular flexibility index (Phi) is 6.77. The van der Waals surface area contributed by atoms with Crippen LogP contribution < -0.4 is 16.4 Å². The van der Waals surface area contributed by atoms with Gasteiger partial charge in [-0.3, -0.25) is 23.5 Å². The number of carbonyl (C=O) groups is 1. The Hall–Kier alpha value is -2.94. The SMILES string of the molecule is CC(=O)OCc1ccc(CNC2CCN(C[C@@H]3Cn4c(=O)ccc5ccc(=O)n3c54)CC2)cc1Cl. The van der Waals surface area contributed by atoms with Crippen molar-refractivity contribution in [2.24, 2.45) is 0 Å². The van der Waals surface area contributed by atoms with Gasteiger partial charge in [0.2, 0.25) is 0 Å². The van der Waals surface area contributed by atoms with Crippen LogP contribution in [0, 0.1) is 0 Å². The molecule has 1 fully saturated rings. The molecule has 1 N–H and O–H groups in total. The van der Waals surface area contributed by atoms with E-state index in [0.29, 0.717) is 17.6 Å². The molecule has 0 spiro atoms. The molecule has 3 aromatic rings. The van der Waals surface area contributed by atoms with Crippen molar-refractivity contribution in [3.63, 3.8) is 0 Å². The van der Waals surface area contributed by atoms with Gasteiger partial charge in [0.05, 0.1) is 6.04 Å². The lowest BCUT2D eigenvalue weighted by molar-refractivity contribution is -0.142. The van der Waals surface area contributed by atoms with Crippen molar-refractivity contribution in [2.45, 2.75) is 51.5 Å². The molecular weight excluding hydrogens is 468 g/mol. The van der Waals surface area contributed by atoms with Crippen molar-refractivity contribution >= 4 is 28.6 Å². The number of benzene rings is 1. The summed E-state index contributed by atoms with van der Waals surface area (Å²) in [5.74, 6) is -0.325. The van der Waals surface area contributed by atoms with Crippen LogP contribution in [-0.2, 0) is 29.2 Å². The van der Waals surface area contributed by atoms with Gasteiger partial charge in [0.25, 0.3) is 11.1 Å². The van der Waals surface area contributed by atoms with Crippen LogP contribution in [0.15, 0.2) is 52.1 Å². The molecule has 184 valence electrons. The molecule has 1 saturated heterocycles. The summed E-state index contributed by atoms with van der Waals surface area (Å²) in [6.07, 6.45) is 2.02. The topological polar surface area (TPSA) is 85.6 Å². The summed E-state index contributed by atoms with van der Waals surface area (Å²) in [7, 11) is 0. The standard InChI is InChI=1S/C26H29ClN4O4/c1-17(32)35-16-20-3-2-18(12-23(20)27)13-28-21-8-10-29(11-9-21)14-22-15-30-24(33)6-4-19-5-7-25(34)31(22)26(19)30/h2-7,12,21-22,28H,8-11,13-16H2,1H3/t22-/m1/s1. The lowest BCUT2D eigenvalue weighted by Gasteiger charge is -2.34. The van der Waals surface area contributed by atoms with Gasteiger partial charge >= 0.3 is 5.97 Å². The molecule has 5 rings (SSSR count). The number of esters is 1. The van der Waals surface area contributed by atoms with Crippen LogP contribution in [0.25, 0.3) is 11.0 Å². The van der Waals surface area contributed by atoms with Gasteiger partial charge < -0.3 is 15.0 Å². The lowest BCUT2D eigenvalue weighted by atomic mass is 10.0. The molecule has 0 amide bonds. The molecule has 0 aliphatic carbocycles. The van der Waals surface area contributed by atoms with E-state index in [1.165, 1.54) is 6.92 Å². The summed E-state index contributed by atoms with van der Waals surface area (Å²) in [4.78, 5) is 38.4. The van der Waals surface area contributed by atoms with Crippen molar-refractivity contribution in [1.29, 1.82) is 0 Å². The predicted octanol–water partition coefficient (Wildman–Crippen LogP) is 2.69. The Morgan fingerprint density at radius 2 is 1.83 bits per heavy atom. The molecule has 0 unspecified atom stereocenters. The number of pyridine rings is 2. The zero-order chi connectivity index (χ0) is 24.5. The van der Waals surface area contributed by atoms with Crippen molar-refractivity contribution in [1.82, 2.24) is 19.4 Å². The second-order valence-electron chi connectivity index (χ2n) is 9.42. The van der Waals surface area contributed by atoms with Gasteiger partial charge in [0, 0.05) is 60.7 Å². The highest BCUT2D eigenvalue weighted by molar-refractivity contribution is 6.31. The summed E-state index contributed by atoms with van der Waals surface area (Å²) < 4.78 is 8.56. The van der Waals surface area contributed by atoms with Crippen LogP contribution in [0.3, 0.4) is 0 Å². The van der Waals surface area contributed by atoms with Crippen LogP contribution in [0.1, 0.15) is 36.9 Å². The molecule has 2 aliphatic heterocycles. The van der Waals surface area contributed by atoms with Gasteiger partial charge in [0.1, 0.15) is 12.3 Å². The second kappa shape index (κ2) is 9.97. The fourth-order valence-electron chi connectivity index (χ4n) is 5.17. The van der Waals surface area contributed by atoms with Gasteiger partial charge in [-0.2, -0.15) is 0 Å². The molecule has 1 aromatic carbocycles. The maximum atomic E-state index is 12.6. The van der Waals surface area contributed by atoms with E-state index in [0.717, 1.165) is 61.2 Å². The number of carbonyl (C=O) groups excluding carboxylic acids is 1. The Morgan fingerprint density at radius 1 is 1.09 bits per heavy atom. The summed E-state index contributed by atoms with van der Waals surface area (Å²) in [6, 6.07) is 13.0. The third kappa shape index (κ3) is 5.05. The number of aromatic nitrogens is 2. The van der Waals surface area contributed by atoms with E-state index in [1.54, 1.807) is 33.4 Å². The number of piperidine rings is 1. The van der Waals surface area contributed by atoms with Gasteiger partial charge in [-0.25, -0.2) is 0 Å². The maximum absolute atomic E-state index is 12.6. The monoisotopic (exact) mass is 496 g/mol.